The molecular weight excluding hydrogens is 286 g/mol. The highest BCUT2D eigenvalue weighted by Crippen LogP contribution is 2.31. The number of likely N-dealkylation sites (tertiary alicyclic amines) is 2. The molecule has 0 radical (unpaired) electrons. The van der Waals surface area contributed by atoms with Crippen LogP contribution >= 0.6 is 0 Å². The van der Waals surface area contributed by atoms with Crippen molar-refractivity contribution in [3.05, 3.63) is 36.0 Å². The van der Waals surface area contributed by atoms with E-state index in [4.69, 9.17) is 0 Å². The lowest BCUT2D eigenvalue weighted by Crippen LogP contribution is -2.47. The Kier molecular flexibility index (Phi) is 3.64. The predicted octanol–water partition coefficient (Wildman–Crippen LogP) is 2.88. The number of para-hydroxylation sites is 1. The van der Waals surface area contributed by atoms with E-state index in [2.05, 4.69) is 33.5 Å². The van der Waals surface area contributed by atoms with E-state index in [1.165, 1.54) is 12.8 Å². The van der Waals surface area contributed by atoms with E-state index in [1.54, 1.807) is 0 Å². The lowest BCUT2D eigenvalue weighted by Gasteiger charge is -2.33. The molecule has 2 fully saturated rings. The third-order valence-corrected chi connectivity index (χ3v) is 5.71. The van der Waals surface area contributed by atoms with E-state index < -0.39 is 0 Å². The number of hydrogen-bond donors (Lipinski definition) is 0. The number of likely N-dealkylation sites (N-methyl/N-ethyl adjacent to an activating group) is 1. The van der Waals surface area contributed by atoms with Crippen LogP contribution in [-0.4, -0.2) is 52.5 Å². The highest BCUT2D eigenvalue weighted by Gasteiger charge is 2.39. The van der Waals surface area contributed by atoms with E-state index in [-0.39, 0.29) is 5.91 Å². The molecule has 4 nitrogen and oxygen atoms in total. The largest absolute Gasteiger partial charge is 0.350 e. The average molecular weight is 311 g/mol. The van der Waals surface area contributed by atoms with E-state index in [0.717, 1.165) is 42.4 Å². The van der Waals surface area contributed by atoms with Gasteiger partial charge in [-0.05, 0) is 45.3 Å². The first-order chi connectivity index (χ1) is 11.2. The number of carbonyl (C=O) groups is 1. The van der Waals surface area contributed by atoms with Crippen LogP contribution in [0.2, 0.25) is 0 Å². The average Bonchev–Trinajstić information content (AvgIpc) is 3.26. The summed E-state index contributed by atoms with van der Waals surface area (Å²) in [5, 5.41) is 1.07. The van der Waals surface area contributed by atoms with Gasteiger partial charge in [-0.15, -0.1) is 0 Å². The van der Waals surface area contributed by atoms with Gasteiger partial charge >= 0.3 is 0 Å². The van der Waals surface area contributed by atoms with Crippen LogP contribution in [0.4, 0.5) is 0 Å². The van der Waals surface area contributed by atoms with Gasteiger partial charge < -0.3 is 14.4 Å². The molecule has 3 heterocycles. The molecule has 2 atom stereocenters. The Hall–Kier alpha value is -1.81. The molecule has 1 aromatic carbocycles. The van der Waals surface area contributed by atoms with Crippen LogP contribution in [0.5, 0.6) is 0 Å². The maximum atomic E-state index is 13.2. The molecule has 0 bridgehead atoms. The molecule has 0 saturated carbocycles. The molecule has 4 rings (SSSR count). The number of nitrogens with zero attached hydrogens (tertiary/aromatic N) is 3. The second-order valence-electron chi connectivity index (χ2n) is 7.07. The van der Waals surface area contributed by atoms with Crippen LogP contribution in [0.15, 0.2) is 30.5 Å². The Morgan fingerprint density at radius 2 is 1.78 bits per heavy atom. The molecule has 0 spiro atoms. The van der Waals surface area contributed by atoms with Crippen molar-refractivity contribution >= 4 is 16.8 Å². The zero-order chi connectivity index (χ0) is 16.0. The van der Waals surface area contributed by atoms with Gasteiger partial charge in [0, 0.05) is 42.8 Å². The molecule has 0 N–H and O–H groups in total. The SMILES string of the molecule is CN1CCCC1C1CCCN1C(=O)c1cn(C)c2ccccc12. The van der Waals surface area contributed by atoms with Gasteiger partial charge in [0.15, 0.2) is 0 Å². The summed E-state index contributed by atoms with van der Waals surface area (Å²) in [5.74, 6) is 0.213. The first-order valence-electron chi connectivity index (χ1n) is 8.72. The normalized spacial score (nSPS) is 25.6. The Balaban J connectivity index is 1.67. The van der Waals surface area contributed by atoms with Gasteiger partial charge in [0.05, 0.1) is 5.56 Å². The standard InChI is InChI=1S/C19H25N3O/c1-20-11-5-9-17(20)18-10-6-12-22(18)19(23)15-13-21(2)16-8-4-3-7-14(15)16/h3-4,7-8,13,17-18H,5-6,9-12H2,1-2H3. The van der Waals surface area contributed by atoms with E-state index >= 15 is 0 Å². The second-order valence-corrected chi connectivity index (χ2v) is 7.07. The zero-order valence-corrected chi connectivity index (χ0v) is 14.0. The van der Waals surface area contributed by atoms with Gasteiger partial charge in [-0.25, -0.2) is 0 Å². The van der Waals surface area contributed by atoms with E-state index in [9.17, 15) is 4.79 Å². The molecule has 2 aliphatic heterocycles. The molecule has 1 aromatic heterocycles. The Labute approximate surface area is 137 Å². The number of amides is 1. The first kappa shape index (κ1) is 14.8. The highest BCUT2D eigenvalue weighted by molar-refractivity contribution is 6.07. The van der Waals surface area contributed by atoms with Gasteiger partial charge in [-0.1, -0.05) is 18.2 Å². The van der Waals surface area contributed by atoms with E-state index in [1.807, 2.05) is 25.4 Å². The summed E-state index contributed by atoms with van der Waals surface area (Å²) in [6, 6.07) is 9.12. The van der Waals surface area contributed by atoms with Crippen LogP contribution in [0.3, 0.4) is 0 Å². The van der Waals surface area contributed by atoms with Gasteiger partial charge in [0.25, 0.3) is 5.91 Å². The van der Waals surface area contributed by atoms with Crippen LogP contribution in [0.1, 0.15) is 36.0 Å². The number of carbonyl (C=O) groups excluding carboxylic acids is 1. The van der Waals surface area contributed by atoms with Crippen molar-refractivity contribution in [3.63, 3.8) is 0 Å². The zero-order valence-electron chi connectivity index (χ0n) is 14.0. The maximum absolute atomic E-state index is 13.2. The fourth-order valence-corrected chi connectivity index (χ4v) is 4.53. The topological polar surface area (TPSA) is 28.5 Å². The van der Waals surface area contributed by atoms with Crippen LogP contribution in [-0.2, 0) is 7.05 Å². The molecule has 23 heavy (non-hydrogen) atoms. The predicted molar refractivity (Wildman–Crippen MR) is 92.6 cm³/mol. The Morgan fingerprint density at radius 3 is 2.57 bits per heavy atom. The van der Waals surface area contributed by atoms with Crippen molar-refractivity contribution in [1.82, 2.24) is 14.4 Å². The quantitative estimate of drug-likeness (QED) is 0.853. The molecular formula is C19H25N3O. The lowest BCUT2D eigenvalue weighted by molar-refractivity contribution is 0.0666. The number of fused-ring (bicyclic) bond motifs is 1. The van der Waals surface area contributed by atoms with Crippen molar-refractivity contribution in [2.45, 2.75) is 37.8 Å². The summed E-state index contributed by atoms with van der Waals surface area (Å²) in [6.07, 6.45) is 6.76. The molecule has 4 heteroatoms. The minimum atomic E-state index is 0.213. The highest BCUT2D eigenvalue weighted by atomic mass is 16.2. The third kappa shape index (κ3) is 2.36. The fraction of sp³-hybridized carbons (Fsp3) is 0.526. The molecule has 2 aromatic rings. The Bertz CT molecular complexity index is 735. The van der Waals surface area contributed by atoms with Gasteiger partial charge in [0.2, 0.25) is 0 Å². The molecule has 2 aliphatic rings. The van der Waals surface area contributed by atoms with E-state index in [0.29, 0.717) is 12.1 Å². The van der Waals surface area contributed by atoms with Gasteiger partial charge in [0.1, 0.15) is 0 Å². The van der Waals surface area contributed by atoms with Crippen LogP contribution < -0.4 is 0 Å². The number of aromatic nitrogens is 1. The summed E-state index contributed by atoms with van der Waals surface area (Å²) in [6.45, 7) is 2.06. The summed E-state index contributed by atoms with van der Waals surface area (Å²) < 4.78 is 2.06. The van der Waals surface area contributed by atoms with Crippen molar-refractivity contribution in [2.75, 3.05) is 20.1 Å². The van der Waals surface area contributed by atoms with Crippen molar-refractivity contribution < 1.29 is 4.79 Å². The Morgan fingerprint density at radius 1 is 1.04 bits per heavy atom. The molecule has 2 unspecified atom stereocenters. The monoisotopic (exact) mass is 311 g/mol. The molecule has 0 aliphatic carbocycles. The fourth-order valence-electron chi connectivity index (χ4n) is 4.53. The second kappa shape index (κ2) is 5.68. The minimum Gasteiger partial charge on any atom is -0.350 e. The summed E-state index contributed by atoms with van der Waals surface area (Å²) in [4.78, 5) is 17.8. The smallest absolute Gasteiger partial charge is 0.256 e. The van der Waals surface area contributed by atoms with Crippen LogP contribution in [0.25, 0.3) is 10.9 Å². The minimum absolute atomic E-state index is 0.213. The van der Waals surface area contributed by atoms with Crippen LogP contribution in [0, 0.1) is 0 Å². The summed E-state index contributed by atoms with van der Waals surface area (Å²) in [7, 11) is 4.22. The van der Waals surface area contributed by atoms with Crippen molar-refractivity contribution in [2.24, 2.45) is 7.05 Å². The number of rotatable bonds is 2. The molecule has 2 saturated heterocycles. The third-order valence-electron chi connectivity index (χ3n) is 5.71. The van der Waals surface area contributed by atoms with Gasteiger partial charge in [-0.3, -0.25) is 4.79 Å². The van der Waals surface area contributed by atoms with Gasteiger partial charge in [-0.2, -0.15) is 0 Å². The summed E-state index contributed by atoms with van der Waals surface area (Å²) in [5.41, 5.74) is 1.99. The number of aryl methyl sites for hydroxylation is 1. The molecule has 1 amide bonds. The number of hydrogen-bond acceptors (Lipinski definition) is 2. The first-order valence-corrected chi connectivity index (χ1v) is 8.72. The maximum Gasteiger partial charge on any atom is 0.256 e. The van der Waals surface area contributed by atoms with Crippen molar-refractivity contribution in [1.29, 1.82) is 0 Å². The number of benzene rings is 1. The van der Waals surface area contributed by atoms with Crippen molar-refractivity contribution in [3.8, 4) is 0 Å². The molecule has 122 valence electrons. The summed E-state index contributed by atoms with van der Waals surface area (Å²) >= 11 is 0. The lowest BCUT2D eigenvalue weighted by atomic mass is 10.0.